The molecule has 0 radical (unpaired) electrons. The van der Waals surface area contributed by atoms with Gasteiger partial charge in [-0.15, -0.1) is 0 Å². The number of methoxy groups -OCH3 is 1. The highest BCUT2D eigenvalue weighted by Gasteiger charge is 2.35. The molecule has 1 aliphatic heterocycles. The average molecular weight is 700 g/mol. The van der Waals surface area contributed by atoms with Gasteiger partial charge in [0.1, 0.15) is 34.4 Å². The van der Waals surface area contributed by atoms with Crippen molar-refractivity contribution in [1.82, 2.24) is 9.88 Å². The summed E-state index contributed by atoms with van der Waals surface area (Å²) in [5.74, 6) is -0.859. The third-order valence-corrected chi connectivity index (χ3v) is 7.93. The van der Waals surface area contributed by atoms with Gasteiger partial charge in [0.25, 0.3) is 11.5 Å². The van der Waals surface area contributed by atoms with Gasteiger partial charge < -0.3 is 29.6 Å². The number of nitrogens with zero attached hydrogens (tertiary/aromatic N) is 1. The van der Waals surface area contributed by atoms with E-state index in [1.54, 1.807) is 43.5 Å². The molecule has 1 aromatic heterocycles. The standard InChI is InChI=1S/C32H31FIN3O6/c1-19-23(32(2)41-14-15-42-32)6-5-7-26(19)43-27-17-28(38)37(3)30(36-25-13-10-21(34)16-24(25)33)29(27)31(39)35-18-20-8-11-22(40-4)12-9-20/h5-13,16-17,36H,14-15,18H2,1-4H3,(H,35,39). The second kappa shape index (κ2) is 12.7. The minimum Gasteiger partial charge on any atom is -0.497 e. The third-order valence-electron chi connectivity index (χ3n) is 7.26. The van der Waals surface area contributed by atoms with E-state index in [1.165, 1.54) is 23.7 Å². The van der Waals surface area contributed by atoms with Gasteiger partial charge >= 0.3 is 0 Å². The van der Waals surface area contributed by atoms with Crippen LogP contribution >= 0.6 is 22.6 Å². The number of carbonyl (C=O) groups is 1. The molecular weight excluding hydrogens is 668 g/mol. The van der Waals surface area contributed by atoms with E-state index in [-0.39, 0.29) is 29.4 Å². The maximum absolute atomic E-state index is 14.9. The van der Waals surface area contributed by atoms with Crippen LogP contribution < -0.4 is 25.7 Å². The highest BCUT2D eigenvalue weighted by molar-refractivity contribution is 14.1. The Kier molecular flexibility index (Phi) is 9.04. The molecule has 0 unspecified atom stereocenters. The number of nitrogens with one attached hydrogen (secondary N) is 2. The first kappa shape index (κ1) is 30.5. The van der Waals surface area contributed by atoms with Crippen molar-refractivity contribution in [2.75, 3.05) is 25.6 Å². The van der Waals surface area contributed by atoms with Crippen molar-refractivity contribution in [3.05, 3.63) is 109 Å². The Morgan fingerprint density at radius 1 is 1.07 bits per heavy atom. The molecule has 1 amide bonds. The van der Waals surface area contributed by atoms with E-state index in [4.69, 9.17) is 18.9 Å². The number of amides is 1. The summed E-state index contributed by atoms with van der Waals surface area (Å²) in [4.78, 5) is 27.0. The van der Waals surface area contributed by atoms with Gasteiger partial charge in [-0.05, 0) is 78.4 Å². The monoisotopic (exact) mass is 699 g/mol. The van der Waals surface area contributed by atoms with E-state index in [0.717, 1.165) is 16.7 Å². The number of pyridine rings is 1. The molecule has 0 atom stereocenters. The summed E-state index contributed by atoms with van der Waals surface area (Å²) in [7, 11) is 3.08. The van der Waals surface area contributed by atoms with Crippen molar-refractivity contribution in [3.63, 3.8) is 0 Å². The Morgan fingerprint density at radius 3 is 2.47 bits per heavy atom. The maximum Gasteiger partial charge on any atom is 0.259 e. The molecule has 9 nitrogen and oxygen atoms in total. The Morgan fingerprint density at radius 2 is 1.79 bits per heavy atom. The predicted molar refractivity (Wildman–Crippen MR) is 169 cm³/mol. The second-order valence-electron chi connectivity index (χ2n) is 10.1. The van der Waals surface area contributed by atoms with Gasteiger partial charge in [-0.3, -0.25) is 14.2 Å². The summed E-state index contributed by atoms with van der Waals surface area (Å²) >= 11 is 2.01. The largest absolute Gasteiger partial charge is 0.497 e. The molecule has 43 heavy (non-hydrogen) atoms. The lowest BCUT2D eigenvalue weighted by molar-refractivity contribution is -0.150. The van der Waals surface area contributed by atoms with E-state index < -0.39 is 23.1 Å². The Balaban J connectivity index is 1.57. The fraction of sp³-hybridized carbons (Fsp3) is 0.250. The number of rotatable bonds is 9. The van der Waals surface area contributed by atoms with Crippen LogP contribution in [0.2, 0.25) is 0 Å². The van der Waals surface area contributed by atoms with E-state index in [9.17, 15) is 14.0 Å². The first-order valence-corrected chi connectivity index (χ1v) is 14.6. The minimum absolute atomic E-state index is 0.00223. The number of benzene rings is 3. The summed E-state index contributed by atoms with van der Waals surface area (Å²) in [6, 6.07) is 18.5. The summed E-state index contributed by atoms with van der Waals surface area (Å²) in [5.41, 5.74) is 1.97. The van der Waals surface area contributed by atoms with Crippen LogP contribution in [0.1, 0.15) is 34.0 Å². The minimum atomic E-state index is -0.954. The van der Waals surface area contributed by atoms with Crippen molar-refractivity contribution in [3.8, 4) is 17.2 Å². The fourth-order valence-electron chi connectivity index (χ4n) is 4.86. The predicted octanol–water partition coefficient (Wildman–Crippen LogP) is 6.13. The number of aromatic nitrogens is 1. The molecule has 4 aromatic rings. The van der Waals surface area contributed by atoms with Gasteiger partial charge in [-0.2, -0.15) is 0 Å². The lowest BCUT2D eigenvalue weighted by Gasteiger charge is -2.26. The van der Waals surface area contributed by atoms with Crippen LogP contribution in [-0.2, 0) is 28.9 Å². The van der Waals surface area contributed by atoms with Crippen molar-refractivity contribution >= 4 is 40.0 Å². The van der Waals surface area contributed by atoms with E-state index >= 15 is 0 Å². The van der Waals surface area contributed by atoms with Crippen LogP contribution in [0.5, 0.6) is 17.2 Å². The molecule has 2 heterocycles. The Hall–Kier alpha value is -3.94. The van der Waals surface area contributed by atoms with Gasteiger partial charge in [-0.1, -0.05) is 24.3 Å². The molecule has 0 aliphatic carbocycles. The molecule has 1 saturated heterocycles. The van der Waals surface area contributed by atoms with Crippen LogP contribution in [0.3, 0.4) is 0 Å². The number of halogens is 2. The smallest absolute Gasteiger partial charge is 0.259 e. The lowest BCUT2D eigenvalue weighted by Crippen LogP contribution is -2.29. The van der Waals surface area contributed by atoms with Crippen molar-refractivity contribution in [2.45, 2.75) is 26.2 Å². The quantitative estimate of drug-likeness (QED) is 0.203. The maximum atomic E-state index is 14.9. The SMILES string of the molecule is COc1ccc(CNC(=O)c2c(Oc3cccc(C4(C)OCCO4)c3C)cc(=O)n(C)c2Nc2ccc(I)cc2F)cc1. The van der Waals surface area contributed by atoms with Gasteiger partial charge in [0.2, 0.25) is 0 Å². The summed E-state index contributed by atoms with van der Waals surface area (Å²) in [6.45, 7) is 4.78. The number of ether oxygens (including phenoxy) is 4. The fourth-order valence-corrected chi connectivity index (χ4v) is 5.31. The highest BCUT2D eigenvalue weighted by Crippen LogP contribution is 2.39. The van der Waals surface area contributed by atoms with Gasteiger partial charge in [0.05, 0.1) is 26.0 Å². The molecule has 0 spiro atoms. The molecule has 5 rings (SSSR count). The first-order valence-electron chi connectivity index (χ1n) is 13.5. The highest BCUT2D eigenvalue weighted by atomic mass is 127. The van der Waals surface area contributed by atoms with Crippen molar-refractivity contribution in [2.24, 2.45) is 7.05 Å². The summed E-state index contributed by atoms with van der Waals surface area (Å²) < 4.78 is 40.1. The molecule has 0 bridgehead atoms. The van der Waals surface area contributed by atoms with Gasteiger partial charge in [0.15, 0.2) is 5.79 Å². The number of hydrogen-bond acceptors (Lipinski definition) is 7. The molecule has 1 aliphatic rings. The topological polar surface area (TPSA) is 100 Å². The number of anilines is 2. The summed E-state index contributed by atoms with van der Waals surface area (Å²) in [5, 5.41) is 5.86. The van der Waals surface area contributed by atoms with Crippen molar-refractivity contribution < 1.29 is 28.1 Å². The van der Waals surface area contributed by atoms with Crippen LogP contribution in [0.4, 0.5) is 15.9 Å². The molecule has 224 valence electrons. The average Bonchev–Trinajstić information content (AvgIpc) is 3.44. The second-order valence-corrected chi connectivity index (χ2v) is 11.3. The number of carbonyl (C=O) groups excluding carboxylic acids is 1. The zero-order valence-corrected chi connectivity index (χ0v) is 26.3. The Bertz CT molecular complexity index is 1720. The van der Waals surface area contributed by atoms with Crippen LogP contribution in [0.15, 0.2) is 71.5 Å². The van der Waals surface area contributed by atoms with E-state index in [2.05, 4.69) is 10.6 Å². The van der Waals surface area contributed by atoms with Crippen LogP contribution in [-0.4, -0.2) is 30.8 Å². The molecular formula is C32H31FIN3O6. The number of hydrogen-bond donors (Lipinski definition) is 2. The lowest BCUT2D eigenvalue weighted by atomic mass is 10.0. The third kappa shape index (κ3) is 6.53. The normalized spacial score (nSPS) is 13.9. The molecule has 2 N–H and O–H groups in total. The molecule has 1 fully saturated rings. The van der Waals surface area contributed by atoms with Gasteiger partial charge in [-0.25, -0.2) is 4.39 Å². The first-order chi connectivity index (χ1) is 20.6. The van der Waals surface area contributed by atoms with Gasteiger partial charge in [0, 0.05) is 34.4 Å². The van der Waals surface area contributed by atoms with E-state index in [1.807, 2.05) is 54.6 Å². The molecule has 3 aromatic carbocycles. The van der Waals surface area contributed by atoms with Crippen LogP contribution in [0, 0.1) is 16.3 Å². The molecule has 11 heteroatoms. The Labute approximate surface area is 262 Å². The van der Waals surface area contributed by atoms with Crippen molar-refractivity contribution in [1.29, 1.82) is 0 Å². The zero-order valence-electron chi connectivity index (χ0n) is 24.1. The molecule has 0 saturated carbocycles. The zero-order chi connectivity index (χ0) is 30.7. The summed E-state index contributed by atoms with van der Waals surface area (Å²) in [6.07, 6.45) is 0. The van der Waals surface area contributed by atoms with E-state index in [0.29, 0.717) is 28.3 Å². The van der Waals surface area contributed by atoms with Crippen LogP contribution in [0.25, 0.3) is 0 Å².